The monoisotopic (exact) mass is 376 g/mol. The lowest BCUT2D eigenvalue weighted by molar-refractivity contribution is -0.120. The minimum absolute atomic E-state index is 0.0217. The fourth-order valence-electron chi connectivity index (χ4n) is 2.99. The molecule has 1 fully saturated rings. The molecule has 0 radical (unpaired) electrons. The number of nitrogens with one attached hydrogen (secondary N) is 1. The van der Waals surface area contributed by atoms with Crippen molar-refractivity contribution >= 4 is 49.1 Å². The quantitative estimate of drug-likeness (QED) is 0.749. The van der Waals surface area contributed by atoms with Crippen LogP contribution >= 0.6 is 22.7 Å². The average Bonchev–Trinajstić information content (AvgIpc) is 3.22. The third-order valence-electron chi connectivity index (χ3n) is 4.35. The number of halogens is 1. The molecule has 0 unspecified atom stereocenters. The zero-order valence-corrected chi connectivity index (χ0v) is 15.3. The minimum Gasteiger partial charge on any atom is -0.348 e. The largest absolute Gasteiger partial charge is 0.348 e. The molecule has 0 atom stereocenters. The summed E-state index contributed by atoms with van der Waals surface area (Å²) in [6, 6.07) is 5.02. The smallest absolute Gasteiger partial charge is 0.229 e. The maximum absolute atomic E-state index is 13.8. The summed E-state index contributed by atoms with van der Waals surface area (Å²) in [5.74, 6) is -0.274. The predicted molar refractivity (Wildman–Crippen MR) is 100.0 cm³/mol. The molecule has 3 aromatic rings. The van der Waals surface area contributed by atoms with Crippen LogP contribution in [-0.4, -0.2) is 29.0 Å². The van der Waals surface area contributed by atoms with E-state index < -0.39 is 0 Å². The third-order valence-corrected chi connectivity index (χ3v) is 6.26. The van der Waals surface area contributed by atoms with Crippen molar-refractivity contribution in [2.75, 3.05) is 23.3 Å². The Morgan fingerprint density at radius 1 is 1.32 bits per heavy atom. The highest BCUT2D eigenvalue weighted by Gasteiger charge is 2.27. The molecule has 0 saturated carbocycles. The number of anilines is 2. The van der Waals surface area contributed by atoms with Crippen LogP contribution in [0.2, 0.25) is 0 Å². The van der Waals surface area contributed by atoms with E-state index in [9.17, 15) is 9.18 Å². The Morgan fingerprint density at radius 3 is 2.80 bits per heavy atom. The molecule has 2 aromatic heterocycles. The zero-order chi connectivity index (χ0) is 17.4. The average molecular weight is 376 g/mol. The van der Waals surface area contributed by atoms with Crippen LogP contribution < -0.4 is 10.2 Å². The standard InChI is InChI=1S/C17H17FN4OS2/c1-10-9-19-16(24-10)21-15(23)11-5-7-22(8-6-11)17-20-14-12(18)3-2-4-13(14)25-17/h2-4,9,11H,5-8H2,1H3,(H,19,21,23). The number of hydrogen-bond acceptors (Lipinski definition) is 6. The normalized spacial score (nSPS) is 15.7. The molecule has 1 amide bonds. The molecule has 130 valence electrons. The number of aryl methyl sites for hydroxylation is 1. The van der Waals surface area contributed by atoms with E-state index in [1.807, 2.05) is 13.0 Å². The number of fused-ring (bicyclic) bond motifs is 1. The van der Waals surface area contributed by atoms with Crippen molar-refractivity contribution in [3.05, 3.63) is 35.1 Å². The lowest BCUT2D eigenvalue weighted by Crippen LogP contribution is -2.38. The highest BCUT2D eigenvalue weighted by atomic mass is 32.1. The van der Waals surface area contributed by atoms with E-state index in [-0.39, 0.29) is 17.6 Å². The van der Waals surface area contributed by atoms with Gasteiger partial charge in [0.25, 0.3) is 0 Å². The van der Waals surface area contributed by atoms with Crippen molar-refractivity contribution in [2.24, 2.45) is 5.92 Å². The van der Waals surface area contributed by atoms with Gasteiger partial charge in [-0.05, 0) is 31.9 Å². The van der Waals surface area contributed by atoms with E-state index in [1.165, 1.54) is 28.7 Å². The van der Waals surface area contributed by atoms with E-state index >= 15 is 0 Å². The molecule has 0 aliphatic carbocycles. The molecule has 1 aromatic carbocycles. The van der Waals surface area contributed by atoms with Crippen molar-refractivity contribution in [3.8, 4) is 0 Å². The highest BCUT2D eigenvalue weighted by molar-refractivity contribution is 7.22. The van der Waals surface area contributed by atoms with Crippen LogP contribution in [0.5, 0.6) is 0 Å². The van der Waals surface area contributed by atoms with E-state index in [2.05, 4.69) is 20.2 Å². The molecule has 8 heteroatoms. The summed E-state index contributed by atoms with van der Waals surface area (Å²) in [6.07, 6.45) is 3.28. The first-order valence-electron chi connectivity index (χ1n) is 8.13. The number of aromatic nitrogens is 2. The molecule has 3 heterocycles. The second-order valence-corrected chi connectivity index (χ2v) is 8.35. The lowest BCUT2D eigenvalue weighted by atomic mass is 9.96. The fraction of sp³-hybridized carbons (Fsp3) is 0.353. The number of carbonyl (C=O) groups is 1. The van der Waals surface area contributed by atoms with Gasteiger partial charge in [0.1, 0.15) is 11.3 Å². The van der Waals surface area contributed by atoms with Crippen molar-refractivity contribution in [3.63, 3.8) is 0 Å². The van der Waals surface area contributed by atoms with E-state index in [0.29, 0.717) is 10.6 Å². The van der Waals surface area contributed by atoms with Gasteiger partial charge >= 0.3 is 0 Å². The third kappa shape index (κ3) is 3.36. The Morgan fingerprint density at radius 2 is 2.12 bits per heavy atom. The summed E-state index contributed by atoms with van der Waals surface area (Å²) in [7, 11) is 0. The molecule has 25 heavy (non-hydrogen) atoms. The number of amides is 1. The van der Waals surface area contributed by atoms with E-state index in [4.69, 9.17) is 0 Å². The summed E-state index contributed by atoms with van der Waals surface area (Å²) in [6.45, 7) is 3.46. The number of nitrogens with zero attached hydrogens (tertiary/aromatic N) is 3. The number of rotatable bonds is 3. The van der Waals surface area contributed by atoms with Crippen molar-refractivity contribution in [1.82, 2.24) is 9.97 Å². The van der Waals surface area contributed by atoms with Crippen molar-refractivity contribution < 1.29 is 9.18 Å². The number of piperidine rings is 1. The summed E-state index contributed by atoms with van der Waals surface area (Å²) >= 11 is 2.98. The van der Waals surface area contributed by atoms with Crippen LogP contribution in [0.25, 0.3) is 10.2 Å². The minimum atomic E-state index is -0.284. The number of thiazole rings is 2. The van der Waals surface area contributed by atoms with Crippen LogP contribution in [0, 0.1) is 18.7 Å². The van der Waals surface area contributed by atoms with Crippen LogP contribution in [-0.2, 0) is 4.79 Å². The first-order chi connectivity index (χ1) is 12.1. The van der Waals surface area contributed by atoms with Gasteiger partial charge in [-0.25, -0.2) is 14.4 Å². The second-order valence-electron chi connectivity index (χ2n) is 6.11. The molecule has 5 nitrogen and oxygen atoms in total. The first kappa shape index (κ1) is 16.4. The number of carbonyl (C=O) groups excluding carboxylic acids is 1. The number of benzene rings is 1. The molecular formula is C17H17FN4OS2. The van der Waals surface area contributed by atoms with Gasteiger partial charge in [-0.2, -0.15) is 0 Å². The van der Waals surface area contributed by atoms with Crippen molar-refractivity contribution in [1.29, 1.82) is 0 Å². The molecule has 0 bridgehead atoms. The van der Waals surface area contributed by atoms with Crippen LogP contribution in [0.3, 0.4) is 0 Å². The molecule has 4 rings (SSSR count). The SMILES string of the molecule is Cc1cnc(NC(=O)C2CCN(c3nc4c(F)cccc4s3)CC2)s1. The Kier molecular flexibility index (Phi) is 4.39. The maximum Gasteiger partial charge on any atom is 0.229 e. The second kappa shape index (κ2) is 6.68. The van der Waals surface area contributed by atoms with E-state index in [0.717, 1.165) is 40.6 Å². The Labute approximate surface area is 152 Å². The summed E-state index contributed by atoms with van der Waals surface area (Å²) in [4.78, 5) is 24.2. The molecule has 1 aliphatic heterocycles. The molecule has 1 N–H and O–H groups in total. The van der Waals surface area contributed by atoms with Gasteiger partial charge in [0.05, 0.1) is 4.70 Å². The fourth-order valence-corrected chi connectivity index (χ4v) is 4.69. The molecule has 1 saturated heterocycles. The van der Waals surface area contributed by atoms with Crippen molar-refractivity contribution in [2.45, 2.75) is 19.8 Å². The van der Waals surface area contributed by atoms with Gasteiger partial charge in [0.2, 0.25) is 5.91 Å². The summed E-state index contributed by atoms with van der Waals surface area (Å²) < 4.78 is 14.7. The number of para-hydroxylation sites is 1. The topological polar surface area (TPSA) is 58.1 Å². The maximum atomic E-state index is 13.8. The highest BCUT2D eigenvalue weighted by Crippen LogP contribution is 2.32. The predicted octanol–water partition coefficient (Wildman–Crippen LogP) is 4.06. The Hall–Kier alpha value is -2.06. The van der Waals surface area contributed by atoms with Crippen LogP contribution in [0.1, 0.15) is 17.7 Å². The summed E-state index contributed by atoms with van der Waals surface area (Å²) in [5, 5.41) is 4.39. The molecular weight excluding hydrogens is 359 g/mol. The van der Waals surface area contributed by atoms with Gasteiger partial charge in [-0.15, -0.1) is 11.3 Å². The van der Waals surface area contributed by atoms with Crippen LogP contribution in [0.15, 0.2) is 24.4 Å². The van der Waals surface area contributed by atoms with Crippen LogP contribution in [0.4, 0.5) is 14.7 Å². The van der Waals surface area contributed by atoms with Gasteiger partial charge in [0.15, 0.2) is 10.3 Å². The lowest BCUT2D eigenvalue weighted by Gasteiger charge is -2.30. The van der Waals surface area contributed by atoms with Gasteiger partial charge < -0.3 is 10.2 Å². The Balaban J connectivity index is 1.40. The van der Waals surface area contributed by atoms with Gasteiger partial charge in [-0.1, -0.05) is 17.4 Å². The van der Waals surface area contributed by atoms with Gasteiger partial charge in [-0.3, -0.25) is 4.79 Å². The first-order valence-corrected chi connectivity index (χ1v) is 9.77. The summed E-state index contributed by atoms with van der Waals surface area (Å²) in [5.41, 5.74) is 0.432. The molecule has 1 aliphatic rings. The molecule has 0 spiro atoms. The zero-order valence-electron chi connectivity index (χ0n) is 13.7. The number of hydrogen-bond donors (Lipinski definition) is 1. The van der Waals surface area contributed by atoms with E-state index in [1.54, 1.807) is 12.3 Å². The van der Waals surface area contributed by atoms with Gasteiger partial charge in [0, 0.05) is 30.1 Å². The Bertz CT molecular complexity index is 914.